The smallest absolute Gasteiger partial charge is 0.224 e. The Bertz CT molecular complexity index is 416. The third-order valence-electron chi connectivity index (χ3n) is 3.92. The molecule has 2 N–H and O–H groups in total. The van der Waals surface area contributed by atoms with Gasteiger partial charge in [0.2, 0.25) is 5.91 Å². The summed E-state index contributed by atoms with van der Waals surface area (Å²) in [4.78, 5) is 14.0. The molecule has 0 spiro atoms. The lowest BCUT2D eigenvalue weighted by atomic mass is 9.99. The predicted molar refractivity (Wildman–Crippen MR) is 79.2 cm³/mol. The summed E-state index contributed by atoms with van der Waals surface area (Å²) >= 11 is 0. The maximum absolute atomic E-state index is 12.2. The first-order chi connectivity index (χ1) is 9.66. The number of ether oxygens (including phenoxy) is 1. The minimum atomic E-state index is -0.221. The molecule has 0 radical (unpaired) electrons. The quantitative estimate of drug-likeness (QED) is 0.894. The Balaban J connectivity index is 1.81. The Morgan fingerprint density at radius 3 is 2.65 bits per heavy atom. The largest absolute Gasteiger partial charge is 0.381 e. The van der Waals surface area contributed by atoms with E-state index in [-0.39, 0.29) is 11.9 Å². The predicted octanol–water partition coefficient (Wildman–Crippen LogP) is 1.96. The zero-order chi connectivity index (χ0) is 14.4. The molecule has 1 heterocycles. The molecule has 1 unspecified atom stereocenters. The van der Waals surface area contributed by atoms with Gasteiger partial charge in [-0.2, -0.15) is 0 Å². The van der Waals surface area contributed by atoms with Crippen molar-refractivity contribution in [1.82, 2.24) is 4.90 Å². The number of benzene rings is 1. The van der Waals surface area contributed by atoms with E-state index in [4.69, 9.17) is 10.5 Å². The van der Waals surface area contributed by atoms with Gasteiger partial charge in [-0.05, 0) is 24.3 Å². The molecule has 2 rings (SSSR count). The Morgan fingerprint density at radius 2 is 2.00 bits per heavy atom. The number of hydrogen-bond donors (Lipinski definition) is 1. The van der Waals surface area contributed by atoms with E-state index in [0.29, 0.717) is 12.3 Å². The fourth-order valence-electron chi connectivity index (χ4n) is 2.58. The van der Waals surface area contributed by atoms with E-state index < -0.39 is 0 Å². The SMILES string of the molecule is CN(CC1CCOCC1)C(=O)CC(N)c1ccccc1. The van der Waals surface area contributed by atoms with Gasteiger partial charge in [-0.3, -0.25) is 4.79 Å². The molecule has 1 aliphatic rings. The lowest BCUT2D eigenvalue weighted by molar-refractivity contribution is -0.131. The molecule has 0 saturated carbocycles. The Kier molecular flexibility index (Phi) is 5.56. The molecule has 20 heavy (non-hydrogen) atoms. The van der Waals surface area contributed by atoms with Crippen LogP contribution < -0.4 is 5.73 Å². The van der Waals surface area contributed by atoms with E-state index in [2.05, 4.69) is 0 Å². The van der Waals surface area contributed by atoms with Crippen LogP contribution in [0.3, 0.4) is 0 Å². The van der Waals surface area contributed by atoms with E-state index in [1.807, 2.05) is 42.3 Å². The van der Waals surface area contributed by atoms with Crippen LogP contribution in [0.5, 0.6) is 0 Å². The summed E-state index contributed by atoms with van der Waals surface area (Å²) in [6, 6.07) is 9.57. The van der Waals surface area contributed by atoms with Gasteiger partial charge in [0, 0.05) is 39.3 Å². The van der Waals surface area contributed by atoms with E-state index in [9.17, 15) is 4.79 Å². The average Bonchev–Trinajstić information content (AvgIpc) is 2.49. The standard InChI is InChI=1S/C16H24N2O2/c1-18(12-13-7-9-20-10-8-13)16(19)11-15(17)14-5-3-2-4-6-14/h2-6,13,15H,7-12,17H2,1H3. The maximum atomic E-state index is 12.2. The highest BCUT2D eigenvalue weighted by Gasteiger charge is 2.20. The molecule has 1 fully saturated rings. The number of nitrogens with zero attached hydrogens (tertiary/aromatic N) is 1. The molecule has 0 aromatic heterocycles. The van der Waals surface area contributed by atoms with E-state index in [0.717, 1.165) is 38.2 Å². The molecule has 4 heteroatoms. The summed E-state index contributed by atoms with van der Waals surface area (Å²) < 4.78 is 5.34. The number of rotatable bonds is 5. The molecular weight excluding hydrogens is 252 g/mol. The molecule has 4 nitrogen and oxygen atoms in total. The van der Waals surface area contributed by atoms with Crippen molar-refractivity contribution in [1.29, 1.82) is 0 Å². The van der Waals surface area contributed by atoms with Crippen LogP contribution in [0.25, 0.3) is 0 Å². The second-order valence-electron chi connectivity index (χ2n) is 5.55. The van der Waals surface area contributed by atoms with Gasteiger partial charge in [0.25, 0.3) is 0 Å². The van der Waals surface area contributed by atoms with Gasteiger partial charge < -0.3 is 15.4 Å². The molecule has 0 aliphatic carbocycles. The summed E-state index contributed by atoms with van der Waals surface area (Å²) in [5.41, 5.74) is 7.11. The second-order valence-corrected chi connectivity index (χ2v) is 5.55. The van der Waals surface area contributed by atoms with Crippen molar-refractivity contribution in [2.45, 2.75) is 25.3 Å². The lowest BCUT2D eigenvalue weighted by Crippen LogP contribution is -2.35. The van der Waals surface area contributed by atoms with Gasteiger partial charge in [-0.1, -0.05) is 30.3 Å². The Labute approximate surface area is 120 Å². The topological polar surface area (TPSA) is 55.6 Å². The van der Waals surface area contributed by atoms with Gasteiger partial charge in [-0.25, -0.2) is 0 Å². The fourth-order valence-corrected chi connectivity index (χ4v) is 2.58. The molecule has 1 aromatic rings. The van der Waals surface area contributed by atoms with Crippen LogP contribution in [0.15, 0.2) is 30.3 Å². The van der Waals surface area contributed by atoms with Crippen molar-refractivity contribution in [2.24, 2.45) is 11.7 Å². The Morgan fingerprint density at radius 1 is 1.35 bits per heavy atom. The van der Waals surface area contributed by atoms with Crippen molar-refractivity contribution in [3.05, 3.63) is 35.9 Å². The van der Waals surface area contributed by atoms with Crippen LogP contribution in [0.1, 0.15) is 30.9 Å². The molecular formula is C16H24N2O2. The monoisotopic (exact) mass is 276 g/mol. The second kappa shape index (κ2) is 7.41. The molecule has 110 valence electrons. The van der Waals surface area contributed by atoms with Crippen molar-refractivity contribution in [2.75, 3.05) is 26.8 Å². The summed E-state index contributed by atoms with van der Waals surface area (Å²) in [5.74, 6) is 0.679. The van der Waals surface area contributed by atoms with Crippen molar-refractivity contribution < 1.29 is 9.53 Å². The van der Waals surface area contributed by atoms with Gasteiger partial charge in [0.15, 0.2) is 0 Å². The first kappa shape index (κ1) is 15.0. The lowest BCUT2D eigenvalue weighted by Gasteiger charge is -2.27. The van der Waals surface area contributed by atoms with Gasteiger partial charge in [-0.15, -0.1) is 0 Å². The number of hydrogen-bond acceptors (Lipinski definition) is 3. The van der Waals surface area contributed by atoms with Crippen LogP contribution in [-0.2, 0) is 9.53 Å². The van der Waals surface area contributed by atoms with E-state index in [1.165, 1.54) is 0 Å². The summed E-state index contributed by atoms with van der Waals surface area (Å²) in [7, 11) is 1.87. The molecule has 0 bridgehead atoms. The van der Waals surface area contributed by atoms with E-state index in [1.54, 1.807) is 0 Å². The first-order valence-electron chi connectivity index (χ1n) is 7.29. The minimum Gasteiger partial charge on any atom is -0.381 e. The van der Waals surface area contributed by atoms with Crippen LogP contribution in [-0.4, -0.2) is 37.6 Å². The molecule has 1 saturated heterocycles. The number of nitrogens with two attached hydrogens (primary N) is 1. The highest BCUT2D eigenvalue weighted by Crippen LogP contribution is 2.18. The molecule has 1 atom stereocenters. The third-order valence-corrected chi connectivity index (χ3v) is 3.92. The van der Waals surface area contributed by atoms with Crippen molar-refractivity contribution >= 4 is 5.91 Å². The van der Waals surface area contributed by atoms with Crippen LogP contribution in [0, 0.1) is 5.92 Å². The first-order valence-corrected chi connectivity index (χ1v) is 7.29. The van der Waals surface area contributed by atoms with Gasteiger partial charge in [0.05, 0.1) is 0 Å². The van der Waals surface area contributed by atoms with E-state index >= 15 is 0 Å². The highest BCUT2D eigenvalue weighted by molar-refractivity contribution is 5.76. The van der Waals surface area contributed by atoms with Gasteiger partial charge in [0.1, 0.15) is 0 Å². The summed E-state index contributed by atoms with van der Waals surface area (Å²) in [5, 5.41) is 0. The Hall–Kier alpha value is -1.39. The number of carbonyl (C=O) groups is 1. The third kappa shape index (κ3) is 4.32. The summed E-state index contributed by atoms with van der Waals surface area (Å²) in [6.45, 7) is 2.44. The maximum Gasteiger partial charge on any atom is 0.224 e. The average molecular weight is 276 g/mol. The number of amides is 1. The zero-order valence-corrected chi connectivity index (χ0v) is 12.1. The highest BCUT2D eigenvalue weighted by atomic mass is 16.5. The zero-order valence-electron chi connectivity index (χ0n) is 12.1. The molecule has 1 amide bonds. The minimum absolute atomic E-state index is 0.118. The van der Waals surface area contributed by atoms with Crippen LogP contribution in [0.4, 0.5) is 0 Å². The van der Waals surface area contributed by atoms with Gasteiger partial charge >= 0.3 is 0 Å². The molecule has 1 aliphatic heterocycles. The van der Waals surface area contributed by atoms with Crippen LogP contribution in [0.2, 0.25) is 0 Å². The fraction of sp³-hybridized carbons (Fsp3) is 0.562. The normalized spacial score (nSPS) is 17.7. The summed E-state index contributed by atoms with van der Waals surface area (Å²) in [6.07, 6.45) is 2.45. The van der Waals surface area contributed by atoms with Crippen molar-refractivity contribution in [3.8, 4) is 0 Å². The van der Waals surface area contributed by atoms with Crippen LogP contribution >= 0.6 is 0 Å². The van der Waals surface area contributed by atoms with Crippen molar-refractivity contribution in [3.63, 3.8) is 0 Å². The molecule has 1 aromatic carbocycles. The number of carbonyl (C=O) groups excluding carboxylic acids is 1.